The first-order valence-electron chi connectivity index (χ1n) is 7.49. The third kappa shape index (κ3) is 2.58. The molecule has 1 unspecified atom stereocenters. The van der Waals surface area contributed by atoms with Gasteiger partial charge in [-0.15, -0.1) is 0 Å². The summed E-state index contributed by atoms with van der Waals surface area (Å²) in [5.74, 6) is 1.19. The Morgan fingerprint density at radius 3 is 2.96 bits per heavy atom. The largest absolute Gasteiger partial charge is 0.510 e. The summed E-state index contributed by atoms with van der Waals surface area (Å²) >= 11 is 0. The number of ether oxygens (including phenoxy) is 2. The van der Waals surface area contributed by atoms with Gasteiger partial charge in [-0.25, -0.2) is 0 Å². The molecule has 2 atom stereocenters. The quantitative estimate of drug-likeness (QED) is 0.889. The van der Waals surface area contributed by atoms with Crippen LogP contribution in [0.3, 0.4) is 0 Å². The van der Waals surface area contributed by atoms with Gasteiger partial charge in [0.05, 0.1) is 0 Å². The molecule has 0 fully saturated rings. The van der Waals surface area contributed by atoms with Gasteiger partial charge in [0.25, 0.3) is 0 Å². The van der Waals surface area contributed by atoms with Crippen LogP contribution in [0.1, 0.15) is 0 Å². The number of fused-ring (bicyclic) bond motifs is 2. The summed E-state index contributed by atoms with van der Waals surface area (Å²) in [6, 6.07) is 10.9. The Morgan fingerprint density at radius 2 is 2.04 bits per heavy atom. The first-order chi connectivity index (χ1) is 11.2. The fraction of sp³-hybridized carbons (Fsp3) is 0.158. The highest BCUT2D eigenvalue weighted by molar-refractivity contribution is 5.89. The summed E-state index contributed by atoms with van der Waals surface area (Å²) < 4.78 is 11.9. The summed E-state index contributed by atoms with van der Waals surface area (Å²) in [5, 5.41) is 21.1. The van der Waals surface area contributed by atoms with Crippen LogP contribution >= 0.6 is 0 Å². The van der Waals surface area contributed by atoms with Crippen molar-refractivity contribution in [2.24, 2.45) is 0 Å². The number of allylic oxidation sites excluding steroid dienone is 2. The zero-order chi connectivity index (χ0) is 15.8. The van der Waals surface area contributed by atoms with E-state index in [-0.39, 0.29) is 30.3 Å². The fourth-order valence-electron chi connectivity index (χ4n) is 2.98. The Balaban J connectivity index is 1.67. The normalized spacial score (nSPS) is 23.1. The lowest BCUT2D eigenvalue weighted by Gasteiger charge is -2.31. The van der Waals surface area contributed by atoms with Gasteiger partial charge in [0.2, 0.25) is 0 Å². The number of phenolic OH excluding ortho intramolecular Hbond substituents is 1. The van der Waals surface area contributed by atoms with Crippen LogP contribution in [-0.2, 0) is 4.74 Å². The maximum Gasteiger partial charge on any atom is 0.147 e. The highest BCUT2D eigenvalue weighted by Crippen LogP contribution is 2.32. The van der Waals surface area contributed by atoms with Crippen molar-refractivity contribution in [2.75, 3.05) is 6.61 Å². The first-order valence-corrected chi connectivity index (χ1v) is 7.49. The highest BCUT2D eigenvalue weighted by atomic mass is 16.5. The Bertz CT molecular complexity index is 848. The molecule has 4 nitrogen and oxygen atoms in total. The van der Waals surface area contributed by atoms with E-state index in [2.05, 4.69) is 0 Å². The molecule has 2 aliphatic rings. The van der Waals surface area contributed by atoms with Crippen LogP contribution in [0, 0.1) is 0 Å². The maximum atomic E-state index is 9.61. The summed E-state index contributed by atoms with van der Waals surface area (Å²) in [5.41, 5.74) is 0.902. The van der Waals surface area contributed by atoms with Crippen LogP contribution < -0.4 is 4.74 Å². The predicted molar refractivity (Wildman–Crippen MR) is 87.7 cm³/mol. The molecular weight excluding hydrogens is 292 g/mol. The second-order valence-electron chi connectivity index (χ2n) is 5.66. The lowest BCUT2D eigenvalue weighted by molar-refractivity contribution is 0.00922. The van der Waals surface area contributed by atoms with Crippen LogP contribution in [0.25, 0.3) is 10.8 Å². The molecule has 4 rings (SSSR count). The lowest BCUT2D eigenvalue weighted by atomic mass is 9.96. The molecule has 0 radical (unpaired) electrons. The van der Waals surface area contributed by atoms with Crippen molar-refractivity contribution in [1.29, 1.82) is 0 Å². The van der Waals surface area contributed by atoms with Crippen LogP contribution in [-0.4, -0.2) is 29.0 Å². The number of phenols is 1. The number of aromatic hydroxyl groups is 1. The van der Waals surface area contributed by atoms with Crippen molar-refractivity contribution >= 4 is 10.8 Å². The third-order valence-corrected chi connectivity index (χ3v) is 4.05. The van der Waals surface area contributed by atoms with Crippen molar-refractivity contribution in [1.82, 2.24) is 0 Å². The molecule has 1 aliphatic heterocycles. The standard InChI is InChI=1S/C19H16O4/c20-14-7-8-16-12(9-14)3-1-5-17(16)23-18-6-2-4-13-10-15(21)11-22-19(13)18/h1-10,18-21H,11H2/t18?,19-/m0/s1. The molecule has 0 aromatic heterocycles. The molecule has 0 spiro atoms. The molecule has 0 saturated heterocycles. The summed E-state index contributed by atoms with van der Waals surface area (Å²) in [6.07, 6.45) is 7.01. The van der Waals surface area contributed by atoms with Crippen LogP contribution in [0.15, 0.2) is 72.0 Å². The smallest absolute Gasteiger partial charge is 0.147 e. The first kappa shape index (κ1) is 13.9. The summed E-state index contributed by atoms with van der Waals surface area (Å²) in [6.45, 7) is 0.194. The van der Waals surface area contributed by atoms with Gasteiger partial charge in [-0.3, -0.25) is 0 Å². The van der Waals surface area contributed by atoms with E-state index in [1.807, 2.05) is 42.5 Å². The Hall–Kier alpha value is -2.72. The van der Waals surface area contributed by atoms with Crippen LogP contribution in [0.5, 0.6) is 11.5 Å². The van der Waals surface area contributed by atoms with E-state index in [1.165, 1.54) is 0 Å². The zero-order valence-corrected chi connectivity index (χ0v) is 12.3. The van der Waals surface area contributed by atoms with E-state index in [0.717, 1.165) is 22.1 Å². The number of hydrogen-bond acceptors (Lipinski definition) is 4. The molecular formula is C19H16O4. The predicted octanol–water partition coefficient (Wildman–Crippen LogP) is 3.63. The summed E-state index contributed by atoms with van der Waals surface area (Å²) in [7, 11) is 0. The molecule has 4 heteroatoms. The SMILES string of the molecule is OC1=CC2=CC=CC(Oc3cccc4cc(O)ccc34)[C@H]2OC1. The maximum absolute atomic E-state index is 9.61. The molecule has 0 saturated carbocycles. The van der Waals surface area contributed by atoms with Gasteiger partial charge in [-0.1, -0.05) is 24.3 Å². The van der Waals surface area contributed by atoms with E-state index in [0.29, 0.717) is 0 Å². The minimum atomic E-state index is -0.265. The number of aliphatic hydroxyl groups excluding tert-OH is 1. The van der Waals surface area contributed by atoms with E-state index in [4.69, 9.17) is 9.47 Å². The molecule has 2 aromatic carbocycles. The van der Waals surface area contributed by atoms with Crippen molar-refractivity contribution in [3.05, 3.63) is 72.0 Å². The van der Waals surface area contributed by atoms with Crippen molar-refractivity contribution < 1.29 is 19.7 Å². The Labute approximate surface area is 133 Å². The van der Waals surface area contributed by atoms with Gasteiger partial charge in [0.1, 0.15) is 36.1 Å². The van der Waals surface area contributed by atoms with Gasteiger partial charge in [0.15, 0.2) is 0 Å². The van der Waals surface area contributed by atoms with E-state index >= 15 is 0 Å². The molecule has 0 amide bonds. The zero-order valence-electron chi connectivity index (χ0n) is 12.3. The van der Waals surface area contributed by atoms with Gasteiger partial charge >= 0.3 is 0 Å². The van der Waals surface area contributed by atoms with E-state index < -0.39 is 0 Å². The summed E-state index contributed by atoms with van der Waals surface area (Å²) in [4.78, 5) is 0. The second kappa shape index (κ2) is 5.48. The number of rotatable bonds is 2. The van der Waals surface area contributed by atoms with Crippen LogP contribution in [0.4, 0.5) is 0 Å². The second-order valence-corrected chi connectivity index (χ2v) is 5.66. The van der Waals surface area contributed by atoms with Crippen molar-refractivity contribution in [3.8, 4) is 11.5 Å². The topological polar surface area (TPSA) is 58.9 Å². The van der Waals surface area contributed by atoms with Crippen molar-refractivity contribution in [2.45, 2.75) is 12.2 Å². The molecule has 1 aliphatic carbocycles. The Kier molecular flexibility index (Phi) is 3.32. The Morgan fingerprint density at radius 1 is 1.13 bits per heavy atom. The number of hydrogen-bond donors (Lipinski definition) is 2. The molecule has 116 valence electrons. The molecule has 0 bridgehead atoms. The van der Waals surface area contributed by atoms with Crippen LogP contribution in [0.2, 0.25) is 0 Å². The van der Waals surface area contributed by atoms with Gasteiger partial charge in [-0.2, -0.15) is 0 Å². The van der Waals surface area contributed by atoms with Gasteiger partial charge in [-0.05, 0) is 47.4 Å². The van der Waals surface area contributed by atoms with E-state index in [1.54, 1.807) is 18.2 Å². The van der Waals surface area contributed by atoms with Gasteiger partial charge in [0, 0.05) is 5.39 Å². The number of aliphatic hydroxyl groups is 1. The lowest BCUT2D eigenvalue weighted by Crippen LogP contribution is -2.37. The van der Waals surface area contributed by atoms with Gasteiger partial charge < -0.3 is 19.7 Å². The number of benzene rings is 2. The molecule has 1 heterocycles. The average molecular weight is 308 g/mol. The minimum Gasteiger partial charge on any atom is -0.510 e. The monoisotopic (exact) mass is 308 g/mol. The third-order valence-electron chi connectivity index (χ3n) is 4.05. The molecule has 23 heavy (non-hydrogen) atoms. The van der Waals surface area contributed by atoms with E-state index in [9.17, 15) is 10.2 Å². The van der Waals surface area contributed by atoms with Crippen molar-refractivity contribution in [3.63, 3.8) is 0 Å². The minimum absolute atomic E-state index is 0.194. The molecule has 2 aromatic rings. The highest BCUT2D eigenvalue weighted by Gasteiger charge is 2.30. The molecule has 2 N–H and O–H groups in total. The average Bonchev–Trinajstić information content (AvgIpc) is 2.54. The fourth-order valence-corrected chi connectivity index (χ4v) is 2.98.